The van der Waals surface area contributed by atoms with Gasteiger partial charge in [-0.25, -0.2) is 4.79 Å². The summed E-state index contributed by atoms with van der Waals surface area (Å²) in [6.07, 6.45) is 4.68. The third-order valence-corrected chi connectivity index (χ3v) is 6.61. The molecule has 0 aromatic heterocycles. The van der Waals surface area contributed by atoms with Crippen molar-refractivity contribution in [3.8, 4) is 11.5 Å². The van der Waals surface area contributed by atoms with Crippen LogP contribution in [0.4, 0.5) is 16.2 Å². The normalized spacial score (nSPS) is 19.2. The number of anilines is 1. The van der Waals surface area contributed by atoms with Gasteiger partial charge in [0.15, 0.2) is 0 Å². The van der Waals surface area contributed by atoms with Gasteiger partial charge in [0.1, 0.15) is 11.5 Å². The fourth-order valence-electron chi connectivity index (χ4n) is 4.51. The van der Waals surface area contributed by atoms with E-state index in [-0.39, 0.29) is 57.4 Å². The number of benzene rings is 2. The van der Waals surface area contributed by atoms with Gasteiger partial charge in [-0.05, 0) is 68.7 Å². The molecule has 4 rings (SSSR count). The van der Waals surface area contributed by atoms with Crippen molar-refractivity contribution >= 4 is 17.4 Å². The molecule has 0 saturated heterocycles. The van der Waals surface area contributed by atoms with Crippen molar-refractivity contribution < 1.29 is 65.7 Å². The molecule has 33 heavy (non-hydrogen) atoms. The molecule has 1 fully saturated rings. The van der Waals surface area contributed by atoms with Crippen molar-refractivity contribution in [3.63, 3.8) is 0 Å². The quantitative estimate of drug-likeness (QED) is 0.685. The van der Waals surface area contributed by atoms with Crippen LogP contribution in [0.2, 0.25) is 0 Å². The molecule has 1 heterocycles. The molecule has 1 saturated carbocycles. The van der Waals surface area contributed by atoms with Crippen LogP contribution in [0.1, 0.15) is 49.3 Å². The Hall–Kier alpha value is -1.25. The second kappa shape index (κ2) is 13.0. The zero-order chi connectivity index (χ0) is 23.3. The van der Waals surface area contributed by atoms with Gasteiger partial charge >= 0.3 is 57.4 Å². The number of carbonyl (C=O) groups excluding carboxylic acids is 1. The summed E-state index contributed by atoms with van der Waals surface area (Å²) in [5.74, 6) is 2.46. The maximum Gasteiger partial charge on any atom is 1.00 e. The van der Waals surface area contributed by atoms with Gasteiger partial charge in [-0.1, -0.05) is 25.1 Å². The molecule has 1 aliphatic carbocycles. The smallest absolute Gasteiger partial charge is 0.687 e. The topological polar surface area (TPSA) is 64.9 Å². The van der Waals surface area contributed by atoms with Gasteiger partial charge in [-0.15, -0.1) is 12.7 Å². The minimum Gasteiger partial charge on any atom is -0.687 e. The second-order valence-corrected chi connectivity index (χ2v) is 8.79. The first kappa shape index (κ1) is 28.0. The van der Waals surface area contributed by atoms with E-state index >= 15 is 0 Å². The van der Waals surface area contributed by atoms with Crippen LogP contribution < -0.4 is 66.2 Å². The van der Waals surface area contributed by atoms with E-state index in [0.717, 1.165) is 47.2 Å². The van der Waals surface area contributed by atoms with Crippen LogP contribution in [-0.4, -0.2) is 38.2 Å². The molecule has 1 aliphatic heterocycles. The van der Waals surface area contributed by atoms with E-state index in [4.69, 9.17) is 9.47 Å². The summed E-state index contributed by atoms with van der Waals surface area (Å²) in [6.45, 7) is 7.10. The average Bonchev–Trinajstić information content (AvgIpc) is 2.80. The van der Waals surface area contributed by atoms with Gasteiger partial charge in [-0.2, -0.15) is 0 Å². The van der Waals surface area contributed by atoms with E-state index in [1.807, 2.05) is 36.1 Å². The average molecular weight is 478 g/mol. The van der Waals surface area contributed by atoms with E-state index < -0.39 is 0 Å². The predicted octanol–water partition coefficient (Wildman–Crippen LogP) is 3.57. The standard InChI is InChI=1S/C17H24N2O2.C9H12NO.K/c1-11-4-7-13(8-5-11)19-10-14-12(2)6-9-15(21-3)16(14)18-17(19)20;1-7-6-8(10-2)4-5-9(7)11-3;/h6,9,11,13H,4-5,7-8,10H2,1-3H3,(H,18,20);4-6H,1-3H3;/q;-1;+1. The van der Waals surface area contributed by atoms with Crippen LogP contribution in [-0.2, 0) is 6.54 Å². The number of hydrogen-bond acceptors (Lipinski definition) is 3. The molecule has 0 bridgehead atoms. The molecular formula is C26H36KN3O3. The Balaban J connectivity index is 0.000000274. The van der Waals surface area contributed by atoms with Crippen LogP contribution >= 0.6 is 0 Å². The number of methoxy groups -OCH3 is 2. The van der Waals surface area contributed by atoms with E-state index in [0.29, 0.717) is 12.6 Å². The fourth-order valence-corrected chi connectivity index (χ4v) is 4.51. The SMILES string of the molecule is COc1ccc(C)c2c1NC(=O)N(C1CCC(C)CC1)C2.C[N-]c1ccc(OC)c(C)c1.[K+]. The molecule has 174 valence electrons. The Morgan fingerprint density at radius 2 is 1.61 bits per heavy atom. The number of amides is 2. The summed E-state index contributed by atoms with van der Waals surface area (Å²) in [6, 6.07) is 10.2. The van der Waals surface area contributed by atoms with Gasteiger partial charge < -0.3 is 25.0 Å². The summed E-state index contributed by atoms with van der Waals surface area (Å²) < 4.78 is 10.5. The monoisotopic (exact) mass is 477 g/mol. The van der Waals surface area contributed by atoms with Crippen LogP contribution in [0, 0.1) is 19.8 Å². The summed E-state index contributed by atoms with van der Waals surface area (Å²) in [4.78, 5) is 14.5. The van der Waals surface area contributed by atoms with Crippen molar-refractivity contribution in [2.45, 2.75) is 59.0 Å². The number of urea groups is 1. The van der Waals surface area contributed by atoms with Gasteiger partial charge in [0.05, 0.1) is 26.5 Å². The van der Waals surface area contributed by atoms with Gasteiger partial charge in [0.25, 0.3) is 0 Å². The zero-order valence-electron chi connectivity index (χ0n) is 21.2. The van der Waals surface area contributed by atoms with Gasteiger partial charge in [0, 0.05) is 11.6 Å². The summed E-state index contributed by atoms with van der Waals surface area (Å²) in [5.41, 5.74) is 5.36. The molecule has 6 nitrogen and oxygen atoms in total. The first-order valence-electron chi connectivity index (χ1n) is 11.4. The minimum absolute atomic E-state index is 0. The first-order valence-corrected chi connectivity index (χ1v) is 11.4. The molecular weight excluding hydrogens is 441 g/mol. The molecule has 0 radical (unpaired) electrons. The predicted molar refractivity (Wildman–Crippen MR) is 130 cm³/mol. The van der Waals surface area contributed by atoms with E-state index in [1.165, 1.54) is 24.0 Å². The van der Waals surface area contributed by atoms with E-state index in [9.17, 15) is 4.79 Å². The maximum absolute atomic E-state index is 12.5. The zero-order valence-corrected chi connectivity index (χ0v) is 24.3. The maximum atomic E-state index is 12.5. The molecule has 7 heteroatoms. The van der Waals surface area contributed by atoms with E-state index in [2.05, 4.69) is 30.5 Å². The summed E-state index contributed by atoms with van der Waals surface area (Å²) >= 11 is 0. The number of nitrogens with zero attached hydrogens (tertiary/aromatic N) is 2. The number of hydrogen-bond donors (Lipinski definition) is 1. The molecule has 2 aliphatic rings. The Kier molecular flexibility index (Phi) is 11.0. The number of nitrogens with one attached hydrogen (secondary N) is 1. The van der Waals surface area contributed by atoms with Gasteiger partial charge in [-0.3, -0.25) is 0 Å². The van der Waals surface area contributed by atoms with Crippen molar-refractivity contribution in [3.05, 3.63) is 52.3 Å². The fraction of sp³-hybridized carbons (Fsp3) is 0.500. The number of ether oxygens (including phenoxy) is 2. The minimum atomic E-state index is 0. The number of aryl methyl sites for hydroxylation is 2. The molecule has 0 atom stereocenters. The molecule has 1 N–H and O–H groups in total. The third kappa shape index (κ3) is 6.89. The van der Waals surface area contributed by atoms with E-state index in [1.54, 1.807) is 21.3 Å². The molecule has 2 amide bonds. The molecule has 2 aromatic carbocycles. The largest absolute Gasteiger partial charge is 1.00 e. The molecule has 2 aromatic rings. The molecule has 0 unspecified atom stereocenters. The summed E-state index contributed by atoms with van der Waals surface area (Å²) in [7, 11) is 5.10. The third-order valence-electron chi connectivity index (χ3n) is 6.61. The number of rotatable bonds is 4. The van der Waals surface area contributed by atoms with Crippen molar-refractivity contribution in [1.29, 1.82) is 0 Å². The van der Waals surface area contributed by atoms with Crippen LogP contribution in [0.25, 0.3) is 5.32 Å². The van der Waals surface area contributed by atoms with Crippen molar-refractivity contribution in [2.75, 3.05) is 26.6 Å². The molecule has 0 spiro atoms. The van der Waals surface area contributed by atoms with Crippen LogP contribution in [0.3, 0.4) is 0 Å². The first-order chi connectivity index (χ1) is 15.4. The van der Waals surface area contributed by atoms with Crippen LogP contribution in [0.15, 0.2) is 30.3 Å². The van der Waals surface area contributed by atoms with Crippen LogP contribution in [0.5, 0.6) is 11.5 Å². The number of carbonyl (C=O) groups is 1. The Labute approximate surface area is 241 Å². The number of fused-ring (bicyclic) bond motifs is 1. The Bertz CT molecular complexity index is 943. The van der Waals surface area contributed by atoms with Crippen molar-refractivity contribution in [2.24, 2.45) is 5.92 Å². The second-order valence-electron chi connectivity index (χ2n) is 8.79. The van der Waals surface area contributed by atoms with Gasteiger partial charge in [0.2, 0.25) is 0 Å². The van der Waals surface area contributed by atoms with Crippen molar-refractivity contribution in [1.82, 2.24) is 4.90 Å². The Morgan fingerprint density at radius 3 is 2.18 bits per heavy atom. The Morgan fingerprint density at radius 1 is 0.970 bits per heavy atom. The summed E-state index contributed by atoms with van der Waals surface area (Å²) in [5, 5.41) is 7.09.